The first-order valence-corrected chi connectivity index (χ1v) is 22.2. The summed E-state index contributed by atoms with van der Waals surface area (Å²) in [6.07, 6.45) is 9.64. The fourth-order valence-corrected chi connectivity index (χ4v) is 12.5. The summed E-state index contributed by atoms with van der Waals surface area (Å²) >= 11 is 0. The minimum Gasteiger partial charge on any atom is -0.404 e. The Balaban J connectivity index is 1.25. The fourth-order valence-electron chi connectivity index (χ4n) is 7.02. The van der Waals surface area contributed by atoms with Gasteiger partial charge >= 0.3 is 0 Å². The molecule has 0 aliphatic heterocycles. The van der Waals surface area contributed by atoms with Gasteiger partial charge in [-0.2, -0.15) is 10.4 Å². The molecule has 0 amide bonds. The fraction of sp³-hybridized carbons (Fsp3) is 0.405. The smallest absolute Gasteiger partial charge is 0.261 e. The van der Waals surface area contributed by atoms with Crippen LogP contribution in [0.25, 0.3) is 22.3 Å². The minimum atomic E-state index is -2.70. The van der Waals surface area contributed by atoms with Crippen LogP contribution in [0.2, 0.25) is 30.7 Å². The molecule has 8 nitrogen and oxygen atoms in total. The third-order valence-electron chi connectivity index (χ3n) is 9.58. The molecule has 0 unspecified atom stereocenters. The lowest BCUT2D eigenvalue weighted by Crippen LogP contribution is -2.72. The molecule has 1 N–H and O–H groups in total. The van der Waals surface area contributed by atoms with Gasteiger partial charge in [-0.05, 0) is 27.5 Å². The Hall–Kier alpha value is -3.89. The Morgan fingerprint density at radius 2 is 1.66 bits per heavy atom. The minimum absolute atomic E-state index is 0.0228. The van der Waals surface area contributed by atoms with E-state index in [0.717, 1.165) is 47.8 Å². The van der Waals surface area contributed by atoms with Crippen molar-refractivity contribution in [3.05, 3.63) is 91.6 Å². The Bertz CT molecular complexity index is 1810. The summed E-state index contributed by atoms with van der Waals surface area (Å²) in [6, 6.07) is 27.2. The van der Waals surface area contributed by atoms with Crippen LogP contribution >= 0.6 is 0 Å². The van der Waals surface area contributed by atoms with Crippen molar-refractivity contribution >= 4 is 37.8 Å². The van der Waals surface area contributed by atoms with E-state index in [2.05, 4.69) is 139 Å². The summed E-state index contributed by atoms with van der Waals surface area (Å²) in [5.41, 5.74) is 2.29. The van der Waals surface area contributed by atoms with Crippen molar-refractivity contribution in [3.8, 4) is 17.3 Å². The van der Waals surface area contributed by atoms with E-state index in [1.807, 2.05) is 17.0 Å². The molecule has 47 heavy (non-hydrogen) atoms. The molecule has 0 spiro atoms. The van der Waals surface area contributed by atoms with Crippen LogP contribution in [0.1, 0.15) is 40.0 Å². The van der Waals surface area contributed by atoms with Gasteiger partial charge in [0.15, 0.2) is 0 Å². The molecule has 1 aliphatic carbocycles. The highest BCUT2D eigenvalue weighted by molar-refractivity contribution is 6.99. The molecule has 5 aromatic rings. The lowest BCUT2D eigenvalue weighted by atomic mass is 9.72. The zero-order chi connectivity index (χ0) is 33.3. The van der Waals surface area contributed by atoms with Crippen molar-refractivity contribution in [1.82, 2.24) is 19.6 Å². The summed E-state index contributed by atoms with van der Waals surface area (Å²) in [5, 5.41) is 16.9. The SMILES string of the molecule is CC(C)(C)[Si](OC1CC(CC#N)([n+]2cc(-c3ncnc4c3ccn4COCC[Si](C)(C)C)c[nH]2)C1)(c1ccccc1)c1ccccc1. The number of fused-ring (bicyclic) bond motifs is 1. The molecule has 0 bridgehead atoms. The second kappa shape index (κ2) is 13.0. The van der Waals surface area contributed by atoms with Crippen molar-refractivity contribution in [2.45, 2.75) is 89.1 Å². The van der Waals surface area contributed by atoms with Crippen LogP contribution in [0.5, 0.6) is 0 Å². The quantitative estimate of drug-likeness (QED) is 0.0951. The highest BCUT2D eigenvalue weighted by Crippen LogP contribution is 2.45. The van der Waals surface area contributed by atoms with E-state index < -0.39 is 16.4 Å². The van der Waals surface area contributed by atoms with Gasteiger partial charge < -0.3 is 13.7 Å². The Morgan fingerprint density at radius 3 is 2.26 bits per heavy atom. The molecule has 1 fully saturated rings. The monoisotopic (exact) mass is 663 g/mol. The molecular weight excluding hydrogens is 617 g/mol. The average molecular weight is 664 g/mol. The van der Waals surface area contributed by atoms with Crippen LogP contribution in [0.3, 0.4) is 0 Å². The van der Waals surface area contributed by atoms with Crippen LogP contribution in [-0.2, 0) is 21.4 Å². The summed E-state index contributed by atoms with van der Waals surface area (Å²) < 4.78 is 17.6. The summed E-state index contributed by atoms with van der Waals surface area (Å²) in [6.45, 7) is 15.2. The van der Waals surface area contributed by atoms with Crippen LogP contribution in [-0.4, -0.2) is 48.7 Å². The van der Waals surface area contributed by atoms with E-state index in [0.29, 0.717) is 13.2 Å². The largest absolute Gasteiger partial charge is 0.404 e. The Labute approximate surface area is 280 Å². The van der Waals surface area contributed by atoms with E-state index in [-0.39, 0.29) is 16.7 Å². The number of ether oxygens (including phenoxy) is 1. The number of hydrogen-bond acceptors (Lipinski definition) is 5. The third-order valence-corrected chi connectivity index (χ3v) is 16.4. The maximum absolute atomic E-state index is 9.99. The molecule has 10 heteroatoms. The van der Waals surface area contributed by atoms with Crippen molar-refractivity contribution in [2.24, 2.45) is 0 Å². The van der Waals surface area contributed by atoms with Crippen molar-refractivity contribution in [1.29, 1.82) is 5.26 Å². The van der Waals surface area contributed by atoms with Crippen molar-refractivity contribution < 1.29 is 13.8 Å². The van der Waals surface area contributed by atoms with Gasteiger partial charge in [-0.3, -0.25) is 0 Å². The van der Waals surface area contributed by atoms with Gasteiger partial charge in [-0.15, -0.1) is 4.68 Å². The number of nitrogens with zero attached hydrogens (tertiary/aromatic N) is 5. The third kappa shape index (κ3) is 6.50. The van der Waals surface area contributed by atoms with Gasteiger partial charge in [0, 0.05) is 39.1 Å². The first-order chi connectivity index (χ1) is 22.5. The zero-order valence-electron chi connectivity index (χ0n) is 28.5. The second-order valence-corrected chi connectivity index (χ2v) is 25.1. The van der Waals surface area contributed by atoms with E-state index in [1.54, 1.807) is 6.33 Å². The first-order valence-electron chi connectivity index (χ1n) is 16.6. The molecular formula is C37H47N6O2Si2+. The van der Waals surface area contributed by atoms with Crippen LogP contribution in [0, 0.1) is 11.3 Å². The molecule has 1 aliphatic rings. The molecule has 6 rings (SSSR count). The average Bonchev–Trinajstić information content (AvgIpc) is 3.68. The number of nitrogens with one attached hydrogen (secondary N) is 1. The van der Waals surface area contributed by atoms with E-state index in [1.165, 1.54) is 10.4 Å². The number of nitriles is 1. The van der Waals surface area contributed by atoms with Crippen LogP contribution < -0.4 is 15.1 Å². The van der Waals surface area contributed by atoms with Crippen LogP contribution in [0.4, 0.5) is 0 Å². The summed E-state index contributed by atoms with van der Waals surface area (Å²) in [7, 11) is -3.85. The van der Waals surface area contributed by atoms with Crippen molar-refractivity contribution in [2.75, 3.05) is 6.61 Å². The highest BCUT2D eigenvalue weighted by atomic mass is 28.4. The van der Waals surface area contributed by atoms with Gasteiger partial charge in [0.05, 0.1) is 29.6 Å². The molecule has 3 aromatic heterocycles. The number of rotatable bonds is 12. The standard InChI is InChI=1S/C37H46N6O2Si2/c1-36(2,3)47(31-13-9-7-10-14-31,32-15-11-8-12-16-32)45-30-23-37(24-30,18-19-38)43-26-29(25-41-43)34-33-17-20-42(35(33)40-27-39-34)28-44-21-22-46(4,5)6/h7-17,20,25-27,30H,18,21-24,28H2,1-6H3/p+1. The molecule has 3 heterocycles. The predicted octanol–water partition coefficient (Wildman–Crippen LogP) is 6.37. The van der Waals surface area contributed by atoms with Gasteiger partial charge in [-0.25, -0.2) is 9.97 Å². The summed E-state index contributed by atoms with van der Waals surface area (Å²) in [5.74, 6) is 0. The maximum atomic E-state index is 9.99. The molecule has 244 valence electrons. The molecule has 0 atom stereocenters. The predicted molar refractivity (Wildman–Crippen MR) is 192 cm³/mol. The van der Waals surface area contributed by atoms with Crippen molar-refractivity contribution in [3.63, 3.8) is 0 Å². The highest BCUT2D eigenvalue weighted by Gasteiger charge is 2.59. The molecule has 1 saturated carbocycles. The van der Waals surface area contributed by atoms with Gasteiger partial charge in [0.1, 0.15) is 25.1 Å². The second-order valence-electron chi connectivity index (χ2n) is 15.2. The zero-order valence-corrected chi connectivity index (χ0v) is 30.5. The number of aromatic nitrogens is 5. The first kappa shape index (κ1) is 33.0. The normalized spacial score (nSPS) is 18.6. The van der Waals surface area contributed by atoms with Crippen LogP contribution in [0.15, 0.2) is 91.6 Å². The molecule has 0 saturated heterocycles. The topological polar surface area (TPSA) is 92.6 Å². The number of H-pyrrole nitrogens is 1. The lowest BCUT2D eigenvalue weighted by Gasteiger charge is -2.49. The molecule has 2 aromatic carbocycles. The summed E-state index contributed by atoms with van der Waals surface area (Å²) in [4.78, 5) is 9.27. The van der Waals surface area contributed by atoms with Gasteiger partial charge in [0.25, 0.3) is 8.32 Å². The van der Waals surface area contributed by atoms with Gasteiger partial charge in [0.2, 0.25) is 11.7 Å². The number of benzene rings is 2. The number of aromatic amines is 1. The van der Waals surface area contributed by atoms with E-state index in [4.69, 9.17) is 9.16 Å². The maximum Gasteiger partial charge on any atom is 0.261 e. The molecule has 0 radical (unpaired) electrons. The lowest BCUT2D eigenvalue weighted by molar-refractivity contribution is -0.824. The van der Waals surface area contributed by atoms with E-state index in [9.17, 15) is 5.26 Å². The van der Waals surface area contributed by atoms with E-state index >= 15 is 0 Å². The Kier molecular flexibility index (Phi) is 9.11. The van der Waals surface area contributed by atoms with Gasteiger partial charge in [-0.1, -0.05) is 101 Å². The number of hydrogen-bond donors (Lipinski definition) is 1. The Morgan fingerprint density at radius 1 is 1.00 bits per heavy atom.